The van der Waals surface area contributed by atoms with Gasteiger partial charge in [0, 0.05) is 10.6 Å². The van der Waals surface area contributed by atoms with E-state index in [9.17, 15) is 10.1 Å². The number of hydrogen-bond donors (Lipinski definition) is 0. The van der Waals surface area contributed by atoms with E-state index in [2.05, 4.69) is 17.1 Å². The zero-order valence-electron chi connectivity index (χ0n) is 16.0. The Labute approximate surface area is 167 Å². The van der Waals surface area contributed by atoms with Crippen LogP contribution >= 0.6 is 11.8 Å². The standard InChI is InChI=1S/C20H22N4O3S/c1-4-15-5-7-16(8-6-15)19(13-23(25)26)28-20-22-21-14(2)24(20)17-9-11-18(27-3)12-10-17/h5-12,19H,4,13H2,1-3H3/t19-/m0/s1. The first-order valence-electron chi connectivity index (χ1n) is 8.95. The molecule has 0 aliphatic rings. The molecular formula is C20H22N4O3S. The monoisotopic (exact) mass is 398 g/mol. The van der Waals surface area contributed by atoms with Gasteiger partial charge >= 0.3 is 0 Å². The van der Waals surface area contributed by atoms with Gasteiger partial charge in [0.15, 0.2) is 5.16 Å². The van der Waals surface area contributed by atoms with Crippen LogP contribution in [-0.2, 0) is 6.42 Å². The molecule has 0 amide bonds. The molecule has 7 nitrogen and oxygen atoms in total. The number of hydrogen-bond acceptors (Lipinski definition) is 6. The highest BCUT2D eigenvalue weighted by atomic mass is 32.2. The highest BCUT2D eigenvalue weighted by molar-refractivity contribution is 7.99. The summed E-state index contributed by atoms with van der Waals surface area (Å²) in [4.78, 5) is 11.0. The molecule has 0 aliphatic heterocycles. The fraction of sp³-hybridized carbons (Fsp3) is 0.300. The Morgan fingerprint density at radius 2 is 1.82 bits per heavy atom. The third-order valence-electron chi connectivity index (χ3n) is 4.45. The number of thioether (sulfide) groups is 1. The summed E-state index contributed by atoms with van der Waals surface area (Å²) < 4.78 is 7.11. The summed E-state index contributed by atoms with van der Waals surface area (Å²) in [5.41, 5.74) is 2.98. The minimum absolute atomic E-state index is 0.190. The lowest BCUT2D eigenvalue weighted by Gasteiger charge is -2.15. The number of ether oxygens (including phenoxy) is 1. The van der Waals surface area contributed by atoms with Gasteiger partial charge in [-0.3, -0.25) is 14.7 Å². The molecule has 2 aromatic carbocycles. The molecule has 0 saturated carbocycles. The third kappa shape index (κ3) is 4.51. The second kappa shape index (κ2) is 8.88. The minimum Gasteiger partial charge on any atom is -0.497 e. The second-order valence-corrected chi connectivity index (χ2v) is 7.45. The maximum absolute atomic E-state index is 11.3. The number of aryl methyl sites for hydroxylation is 2. The van der Waals surface area contributed by atoms with E-state index in [4.69, 9.17) is 4.74 Å². The average molecular weight is 398 g/mol. The first kappa shape index (κ1) is 19.9. The molecule has 1 atom stereocenters. The molecular weight excluding hydrogens is 376 g/mol. The molecule has 0 radical (unpaired) electrons. The van der Waals surface area contributed by atoms with Crippen LogP contribution in [0.5, 0.6) is 5.75 Å². The summed E-state index contributed by atoms with van der Waals surface area (Å²) >= 11 is 1.35. The van der Waals surface area contributed by atoms with Crippen LogP contribution in [0.2, 0.25) is 0 Å². The van der Waals surface area contributed by atoms with Crippen molar-refractivity contribution in [3.8, 4) is 11.4 Å². The highest BCUT2D eigenvalue weighted by Crippen LogP contribution is 2.36. The van der Waals surface area contributed by atoms with Gasteiger partial charge in [-0.25, -0.2) is 0 Å². The van der Waals surface area contributed by atoms with Gasteiger partial charge in [0.25, 0.3) is 0 Å². The lowest BCUT2D eigenvalue weighted by molar-refractivity contribution is -0.479. The Bertz CT molecular complexity index is 939. The van der Waals surface area contributed by atoms with E-state index in [1.54, 1.807) is 7.11 Å². The Morgan fingerprint density at radius 3 is 2.39 bits per heavy atom. The topological polar surface area (TPSA) is 83.1 Å². The van der Waals surface area contributed by atoms with Crippen LogP contribution in [0, 0.1) is 17.0 Å². The number of aromatic nitrogens is 3. The van der Waals surface area contributed by atoms with Crippen LogP contribution in [0.4, 0.5) is 0 Å². The Hall–Kier alpha value is -2.87. The number of nitro groups is 1. The van der Waals surface area contributed by atoms with Crippen molar-refractivity contribution in [2.75, 3.05) is 13.7 Å². The molecule has 0 bridgehead atoms. The van der Waals surface area contributed by atoms with Crippen molar-refractivity contribution in [1.29, 1.82) is 0 Å². The van der Waals surface area contributed by atoms with E-state index in [1.807, 2.05) is 60.0 Å². The molecule has 0 unspecified atom stereocenters. The van der Waals surface area contributed by atoms with Gasteiger partial charge in [0.1, 0.15) is 16.8 Å². The minimum atomic E-state index is -0.360. The van der Waals surface area contributed by atoms with Crippen molar-refractivity contribution in [1.82, 2.24) is 14.8 Å². The van der Waals surface area contributed by atoms with Gasteiger partial charge in [0.2, 0.25) is 6.54 Å². The van der Waals surface area contributed by atoms with Gasteiger partial charge in [-0.05, 0) is 48.7 Å². The SMILES string of the molecule is CCc1ccc([C@H](C[N+](=O)[O-])Sc2nnc(C)n2-c2ccc(OC)cc2)cc1. The van der Waals surface area contributed by atoms with Crippen molar-refractivity contribution in [3.63, 3.8) is 0 Å². The van der Waals surface area contributed by atoms with Crippen LogP contribution in [0.3, 0.4) is 0 Å². The van der Waals surface area contributed by atoms with E-state index in [0.29, 0.717) is 11.0 Å². The summed E-state index contributed by atoms with van der Waals surface area (Å²) in [5.74, 6) is 1.47. The maximum Gasteiger partial charge on any atom is 0.220 e. The molecule has 8 heteroatoms. The Kier molecular flexibility index (Phi) is 6.30. The molecule has 3 rings (SSSR count). The lowest BCUT2D eigenvalue weighted by atomic mass is 10.1. The van der Waals surface area contributed by atoms with E-state index in [1.165, 1.54) is 17.3 Å². The van der Waals surface area contributed by atoms with Crippen LogP contribution in [0.1, 0.15) is 29.1 Å². The molecule has 3 aromatic rings. The predicted molar refractivity (Wildman–Crippen MR) is 109 cm³/mol. The second-order valence-electron chi connectivity index (χ2n) is 6.28. The largest absolute Gasteiger partial charge is 0.497 e. The third-order valence-corrected chi connectivity index (χ3v) is 5.63. The zero-order valence-corrected chi connectivity index (χ0v) is 16.8. The van der Waals surface area contributed by atoms with Crippen LogP contribution in [0.15, 0.2) is 53.7 Å². The number of rotatable bonds is 8. The van der Waals surface area contributed by atoms with Crippen LogP contribution in [-0.4, -0.2) is 33.3 Å². The molecule has 1 heterocycles. The summed E-state index contributed by atoms with van der Waals surface area (Å²) in [6.07, 6.45) is 0.929. The summed E-state index contributed by atoms with van der Waals surface area (Å²) in [6.45, 7) is 3.75. The molecule has 0 fully saturated rings. The molecule has 146 valence electrons. The highest BCUT2D eigenvalue weighted by Gasteiger charge is 2.23. The fourth-order valence-corrected chi connectivity index (χ4v) is 4.06. The van der Waals surface area contributed by atoms with Gasteiger partial charge in [-0.15, -0.1) is 10.2 Å². The van der Waals surface area contributed by atoms with E-state index < -0.39 is 0 Å². The molecule has 0 aliphatic carbocycles. The number of methoxy groups -OCH3 is 1. The molecule has 28 heavy (non-hydrogen) atoms. The summed E-state index contributed by atoms with van der Waals surface area (Å²) in [7, 11) is 1.62. The Morgan fingerprint density at radius 1 is 1.14 bits per heavy atom. The maximum atomic E-state index is 11.3. The quantitative estimate of drug-likeness (QED) is 0.320. The van der Waals surface area contributed by atoms with E-state index >= 15 is 0 Å². The average Bonchev–Trinajstić information content (AvgIpc) is 3.07. The predicted octanol–water partition coefficient (Wildman–Crippen LogP) is 4.26. The fourth-order valence-electron chi connectivity index (χ4n) is 2.89. The van der Waals surface area contributed by atoms with Crippen LogP contribution < -0.4 is 4.74 Å². The Balaban J connectivity index is 1.93. The first-order valence-corrected chi connectivity index (χ1v) is 9.83. The smallest absolute Gasteiger partial charge is 0.220 e. The van der Waals surface area contributed by atoms with Crippen molar-refractivity contribution in [2.24, 2.45) is 0 Å². The van der Waals surface area contributed by atoms with Gasteiger partial charge in [-0.2, -0.15) is 0 Å². The van der Waals surface area contributed by atoms with Gasteiger partial charge in [-0.1, -0.05) is 43.0 Å². The zero-order chi connectivity index (χ0) is 20.1. The van der Waals surface area contributed by atoms with Crippen LogP contribution in [0.25, 0.3) is 5.69 Å². The van der Waals surface area contributed by atoms with Crippen molar-refractivity contribution in [2.45, 2.75) is 30.7 Å². The molecule has 0 saturated heterocycles. The molecule has 0 N–H and O–H groups in total. The summed E-state index contributed by atoms with van der Waals surface area (Å²) in [5, 5.41) is 20.0. The van der Waals surface area contributed by atoms with Crippen molar-refractivity contribution >= 4 is 11.8 Å². The normalized spacial score (nSPS) is 12.0. The first-order chi connectivity index (χ1) is 13.5. The molecule has 0 spiro atoms. The summed E-state index contributed by atoms with van der Waals surface area (Å²) in [6, 6.07) is 15.5. The lowest BCUT2D eigenvalue weighted by Crippen LogP contribution is -2.11. The van der Waals surface area contributed by atoms with Gasteiger partial charge < -0.3 is 4.74 Å². The number of benzene rings is 2. The number of nitrogens with zero attached hydrogens (tertiary/aromatic N) is 4. The van der Waals surface area contributed by atoms with Crippen molar-refractivity contribution < 1.29 is 9.66 Å². The van der Waals surface area contributed by atoms with Gasteiger partial charge in [0.05, 0.1) is 7.11 Å². The van der Waals surface area contributed by atoms with E-state index in [-0.39, 0.29) is 16.7 Å². The van der Waals surface area contributed by atoms with Crippen molar-refractivity contribution in [3.05, 3.63) is 75.6 Å². The van der Waals surface area contributed by atoms with E-state index in [0.717, 1.165) is 23.4 Å². The molecule has 1 aromatic heterocycles.